The Bertz CT molecular complexity index is 1440. The molecule has 0 bridgehead atoms. The molecule has 1 aliphatic carbocycles. The van der Waals surface area contributed by atoms with Crippen LogP contribution in [0.5, 0.6) is 0 Å². The largest absolute Gasteiger partial charge is 0.444 e. The molecule has 2 atom stereocenters. The van der Waals surface area contributed by atoms with Gasteiger partial charge in [0.1, 0.15) is 11.8 Å². The molecule has 1 unspecified atom stereocenters. The highest BCUT2D eigenvalue weighted by Crippen LogP contribution is 2.31. The van der Waals surface area contributed by atoms with Crippen molar-refractivity contribution in [1.82, 2.24) is 24.0 Å². The van der Waals surface area contributed by atoms with Gasteiger partial charge in [-0.2, -0.15) is 0 Å². The Morgan fingerprint density at radius 1 is 1.14 bits per heavy atom. The molecule has 0 aromatic carbocycles. The van der Waals surface area contributed by atoms with Gasteiger partial charge in [0.25, 0.3) is 5.56 Å². The van der Waals surface area contributed by atoms with E-state index in [1.807, 2.05) is 86.9 Å². The molecule has 3 aromatic heterocycles. The van der Waals surface area contributed by atoms with Crippen LogP contribution in [0.1, 0.15) is 66.0 Å². The first-order valence-electron chi connectivity index (χ1n) is 15.1. The molecule has 10 nitrogen and oxygen atoms in total. The second kappa shape index (κ2) is 12.2. The number of hydrogen-bond donors (Lipinski definition) is 0. The molecule has 10 heteroatoms. The van der Waals surface area contributed by atoms with E-state index in [4.69, 9.17) is 4.74 Å². The zero-order valence-electron chi connectivity index (χ0n) is 25.9. The number of nitrogens with zero attached hydrogens (tertiary/aromatic N) is 7. The lowest BCUT2D eigenvalue weighted by Gasteiger charge is -2.43. The van der Waals surface area contributed by atoms with Gasteiger partial charge in [0, 0.05) is 69.6 Å². The molecule has 1 saturated carbocycles. The third-order valence-corrected chi connectivity index (χ3v) is 8.41. The van der Waals surface area contributed by atoms with Gasteiger partial charge in [0.15, 0.2) is 0 Å². The van der Waals surface area contributed by atoms with Crippen LogP contribution in [0.2, 0.25) is 0 Å². The van der Waals surface area contributed by atoms with Gasteiger partial charge >= 0.3 is 6.09 Å². The van der Waals surface area contributed by atoms with Crippen molar-refractivity contribution in [3.63, 3.8) is 0 Å². The maximum atomic E-state index is 13.4. The number of carbonyl (C=O) groups excluding carboxylic acids is 1. The number of imidazole rings is 1. The fourth-order valence-electron chi connectivity index (χ4n) is 5.72. The monoisotopic (exact) mass is 575 g/mol. The molecule has 5 rings (SSSR count). The summed E-state index contributed by atoms with van der Waals surface area (Å²) in [5, 5.41) is 0. The summed E-state index contributed by atoms with van der Waals surface area (Å²) in [5.41, 5.74) is 3.00. The number of ether oxygens (including phenoxy) is 1. The highest BCUT2D eigenvalue weighted by atomic mass is 16.6. The van der Waals surface area contributed by atoms with Gasteiger partial charge in [-0.1, -0.05) is 6.42 Å². The smallest absolute Gasteiger partial charge is 0.410 e. The van der Waals surface area contributed by atoms with E-state index < -0.39 is 5.60 Å². The molecule has 1 amide bonds. The lowest BCUT2D eigenvalue weighted by Crippen LogP contribution is -2.53. The molecule has 42 heavy (non-hydrogen) atoms. The summed E-state index contributed by atoms with van der Waals surface area (Å²) in [6.45, 7) is 10.0. The fourth-order valence-corrected chi connectivity index (χ4v) is 5.72. The second-order valence-corrected chi connectivity index (χ2v) is 13.0. The van der Waals surface area contributed by atoms with Crippen LogP contribution in [0.25, 0.3) is 11.3 Å². The highest BCUT2D eigenvalue weighted by Gasteiger charge is 2.34. The Labute approximate surface area is 248 Å². The summed E-state index contributed by atoms with van der Waals surface area (Å²) in [7, 11) is 3.96. The van der Waals surface area contributed by atoms with Crippen molar-refractivity contribution in [2.24, 2.45) is 5.92 Å². The molecule has 0 N–H and O–H groups in total. The molecule has 1 saturated heterocycles. The molecule has 0 spiro atoms. The summed E-state index contributed by atoms with van der Waals surface area (Å²) < 4.78 is 9.47. The van der Waals surface area contributed by atoms with Crippen molar-refractivity contribution >= 4 is 17.5 Å². The van der Waals surface area contributed by atoms with Crippen LogP contribution in [0.15, 0.2) is 54.1 Å². The Morgan fingerprint density at radius 3 is 2.60 bits per heavy atom. The highest BCUT2D eigenvalue weighted by molar-refractivity contribution is 5.69. The third-order valence-electron chi connectivity index (χ3n) is 8.41. The predicted molar refractivity (Wildman–Crippen MR) is 166 cm³/mol. The van der Waals surface area contributed by atoms with Crippen LogP contribution in [-0.2, 0) is 4.74 Å². The topological polar surface area (TPSA) is 88.7 Å². The quantitative estimate of drug-likeness (QED) is 0.363. The number of anilines is 2. The molecule has 1 aliphatic heterocycles. The summed E-state index contributed by atoms with van der Waals surface area (Å²) >= 11 is 0. The number of amides is 1. The van der Waals surface area contributed by atoms with Gasteiger partial charge in [0.2, 0.25) is 0 Å². The Hall–Kier alpha value is -3.82. The van der Waals surface area contributed by atoms with Gasteiger partial charge in [-0.05, 0) is 71.4 Å². The minimum Gasteiger partial charge on any atom is -0.444 e. The maximum absolute atomic E-state index is 13.4. The van der Waals surface area contributed by atoms with E-state index in [1.165, 1.54) is 19.3 Å². The maximum Gasteiger partial charge on any atom is 0.410 e. The van der Waals surface area contributed by atoms with Crippen molar-refractivity contribution in [2.45, 2.75) is 77.6 Å². The zero-order chi connectivity index (χ0) is 30.0. The number of pyridine rings is 2. The average molecular weight is 576 g/mol. The van der Waals surface area contributed by atoms with Crippen molar-refractivity contribution in [2.75, 3.05) is 43.5 Å². The van der Waals surface area contributed by atoms with Crippen molar-refractivity contribution in [1.29, 1.82) is 0 Å². The number of hydrogen-bond acceptors (Lipinski definition) is 7. The van der Waals surface area contributed by atoms with Gasteiger partial charge in [-0.15, -0.1) is 0 Å². The molecular weight excluding hydrogens is 530 g/mol. The molecule has 2 aliphatic rings. The third kappa shape index (κ3) is 6.79. The molecular formula is C32H45N7O3. The van der Waals surface area contributed by atoms with Crippen LogP contribution in [0.3, 0.4) is 0 Å². The van der Waals surface area contributed by atoms with Crippen molar-refractivity contribution in [3.05, 3.63) is 59.7 Å². The van der Waals surface area contributed by atoms with Crippen LogP contribution >= 0.6 is 0 Å². The van der Waals surface area contributed by atoms with Crippen molar-refractivity contribution < 1.29 is 9.53 Å². The van der Waals surface area contributed by atoms with Gasteiger partial charge in [-0.25, -0.2) is 9.78 Å². The normalized spacial score (nSPS) is 18.3. The lowest BCUT2D eigenvalue weighted by atomic mass is 9.84. The fraction of sp³-hybridized carbons (Fsp3) is 0.562. The number of aromatic nitrogens is 4. The average Bonchev–Trinajstić information content (AvgIpc) is 3.42. The molecule has 2 fully saturated rings. The Morgan fingerprint density at radius 2 is 1.93 bits per heavy atom. The van der Waals surface area contributed by atoms with E-state index in [1.54, 1.807) is 23.2 Å². The molecule has 4 heterocycles. The minimum atomic E-state index is -0.534. The first kappa shape index (κ1) is 29.7. The SMILES string of the molecule is CC(n1cnc(-c2cncc(N(C)C)c2)c1)n1ccc(N2CCC[C@@H](N(CC3CCC3)C(=O)OC(C)(C)C)C2)cc1=O. The van der Waals surface area contributed by atoms with Crippen LogP contribution in [0, 0.1) is 5.92 Å². The van der Waals surface area contributed by atoms with Gasteiger partial charge in [-0.3, -0.25) is 14.3 Å². The minimum absolute atomic E-state index is 0.0559. The zero-order valence-corrected chi connectivity index (χ0v) is 25.9. The standard InChI is InChI=1S/C32H45N7O3/c1-23(37-21-29(34-22-37)25-15-28(35(5)6)18-33-17-25)38-14-12-26(16-30(38)40)36-13-8-11-27(20-36)39(19-24-9-7-10-24)31(41)42-32(2,3)4/h12,14-18,21-24,27H,7-11,13,19-20H2,1-6H3/t23?,27-/m1/s1. The molecule has 3 aromatic rings. The van der Waals surface area contributed by atoms with Gasteiger partial charge in [0.05, 0.1) is 29.9 Å². The van der Waals surface area contributed by atoms with Crippen LogP contribution in [-0.4, -0.2) is 75.5 Å². The number of piperidine rings is 1. The van der Waals surface area contributed by atoms with Crippen molar-refractivity contribution in [3.8, 4) is 11.3 Å². The first-order valence-corrected chi connectivity index (χ1v) is 15.1. The Kier molecular flexibility index (Phi) is 8.61. The second-order valence-electron chi connectivity index (χ2n) is 13.0. The lowest BCUT2D eigenvalue weighted by molar-refractivity contribution is 0.00736. The first-order chi connectivity index (χ1) is 20.0. The Balaban J connectivity index is 1.30. The van der Waals surface area contributed by atoms with E-state index >= 15 is 0 Å². The summed E-state index contributed by atoms with van der Waals surface area (Å²) in [6.07, 6.45) is 14.2. The van der Waals surface area contributed by atoms with E-state index in [-0.39, 0.29) is 23.9 Å². The number of rotatable bonds is 8. The molecule has 0 radical (unpaired) electrons. The molecule has 226 valence electrons. The summed E-state index contributed by atoms with van der Waals surface area (Å²) in [5.74, 6) is 0.551. The summed E-state index contributed by atoms with van der Waals surface area (Å²) in [6, 6.07) is 5.82. The van der Waals surface area contributed by atoms with Gasteiger partial charge < -0.3 is 24.0 Å². The van der Waals surface area contributed by atoms with E-state index in [9.17, 15) is 9.59 Å². The summed E-state index contributed by atoms with van der Waals surface area (Å²) in [4.78, 5) is 41.7. The van der Waals surface area contributed by atoms with E-state index in [2.05, 4.69) is 14.9 Å². The predicted octanol–water partition coefficient (Wildman–Crippen LogP) is 5.25. The number of carbonyl (C=O) groups is 1. The van der Waals surface area contributed by atoms with E-state index in [0.29, 0.717) is 12.5 Å². The van der Waals surface area contributed by atoms with Crippen LogP contribution in [0.4, 0.5) is 16.2 Å². The van der Waals surface area contributed by atoms with Crippen LogP contribution < -0.4 is 15.4 Å². The van der Waals surface area contributed by atoms with E-state index in [0.717, 1.165) is 48.6 Å².